The quantitative estimate of drug-likeness (QED) is 0.830. The molecule has 3 nitrogen and oxygen atoms in total. The Balaban J connectivity index is 1.67. The van der Waals surface area contributed by atoms with Crippen LogP contribution in [0.3, 0.4) is 0 Å². The molecule has 20 heavy (non-hydrogen) atoms. The van der Waals surface area contributed by atoms with Crippen molar-refractivity contribution >= 4 is 17.7 Å². The maximum Gasteiger partial charge on any atom is 0.230 e. The number of rotatable bonds is 6. The van der Waals surface area contributed by atoms with Crippen molar-refractivity contribution < 1.29 is 4.79 Å². The number of amides is 1. The Morgan fingerprint density at radius 3 is 2.70 bits per heavy atom. The third-order valence-electron chi connectivity index (χ3n) is 2.82. The van der Waals surface area contributed by atoms with Gasteiger partial charge in [0.05, 0.1) is 5.75 Å². The van der Waals surface area contributed by atoms with Gasteiger partial charge in [0.25, 0.3) is 0 Å². The van der Waals surface area contributed by atoms with E-state index in [0.29, 0.717) is 12.3 Å². The van der Waals surface area contributed by atoms with E-state index in [4.69, 9.17) is 0 Å². The van der Waals surface area contributed by atoms with Gasteiger partial charge in [-0.2, -0.15) is 0 Å². The SMILES string of the molecule is Cc1ccc(SCC(=O)NCCc2ccccn2)cc1. The Morgan fingerprint density at radius 1 is 1.20 bits per heavy atom. The van der Waals surface area contributed by atoms with E-state index >= 15 is 0 Å². The molecule has 0 bridgehead atoms. The highest BCUT2D eigenvalue weighted by atomic mass is 32.2. The number of aromatic nitrogens is 1. The van der Waals surface area contributed by atoms with Crippen LogP contribution in [0.5, 0.6) is 0 Å². The van der Waals surface area contributed by atoms with Crippen molar-refractivity contribution in [3.63, 3.8) is 0 Å². The molecule has 0 spiro atoms. The van der Waals surface area contributed by atoms with Crippen LogP contribution in [0.1, 0.15) is 11.3 Å². The van der Waals surface area contributed by atoms with Crippen LogP contribution >= 0.6 is 11.8 Å². The number of nitrogens with zero attached hydrogens (tertiary/aromatic N) is 1. The minimum Gasteiger partial charge on any atom is -0.355 e. The molecule has 4 heteroatoms. The molecule has 0 aliphatic carbocycles. The third-order valence-corrected chi connectivity index (χ3v) is 3.83. The lowest BCUT2D eigenvalue weighted by atomic mass is 10.2. The highest BCUT2D eigenvalue weighted by Gasteiger charge is 2.02. The van der Waals surface area contributed by atoms with Gasteiger partial charge in [0.2, 0.25) is 5.91 Å². The predicted octanol–water partition coefficient (Wildman–Crippen LogP) is 2.84. The first-order chi connectivity index (χ1) is 9.74. The second-order valence-corrected chi connectivity index (χ2v) is 5.57. The summed E-state index contributed by atoms with van der Waals surface area (Å²) in [6, 6.07) is 14.0. The molecule has 0 saturated heterocycles. The van der Waals surface area contributed by atoms with Crippen molar-refractivity contribution in [1.82, 2.24) is 10.3 Å². The molecule has 0 saturated carbocycles. The maximum atomic E-state index is 11.7. The smallest absolute Gasteiger partial charge is 0.230 e. The van der Waals surface area contributed by atoms with Crippen LogP contribution < -0.4 is 5.32 Å². The van der Waals surface area contributed by atoms with Gasteiger partial charge >= 0.3 is 0 Å². The minimum absolute atomic E-state index is 0.0616. The molecule has 0 radical (unpaired) electrons. The van der Waals surface area contributed by atoms with Crippen molar-refractivity contribution in [1.29, 1.82) is 0 Å². The number of thioether (sulfide) groups is 1. The highest BCUT2D eigenvalue weighted by Crippen LogP contribution is 2.17. The van der Waals surface area contributed by atoms with Crippen LogP contribution in [0, 0.1) is 6.92 Å². The summed E-state index contributed by atoms with van der Waals surface area (Å²) in [4.78, 5) is 17.1. The van der Waals surface area contributed by atoms with Gasteiger partial charge < -0.3 is 5.32 Å². The van der Waals surface area contributed by atoms with Gasteiger partial charge in [0, 0.05) is 29.8 Å². The second-order valence-electron chi connectivity index (χ2n) is 4.52. The lowest BCUT2D eigenvalue weighted by Gasteiger charge is -2.05. The van der Waals surface area contributed by atoms with Crippen LogP contribution in [-0.4, -0.2) is 23.2 Å². The van der Waals surface area contributed by atoms with E-state index in [1.54, 1.807) is 18.0 Å². The normalized spacial score (nSPS) is 10.2. The van der Waals surface area contributed by atoms with Gasteiger partial charge in [0.1, 0.15) is 0 Å². The summed E-state index contributed by atoms with van der Waals surface area (Å²) in [5.74, 6) is 0.511. The topological polar surface area (TPSA) is 42.0 Å². The largest absolute Gasteiger partial charge is 0.355 e. The molecular formula is C16H18N2OS. The van der Waals surface area contributed by atoms with Crippen LogP contribution in [0.15, 0.2) is 53.6 Å². The van der Waals surface area contributed by atoms with Crippen molar-refractivity contribution in [2.24, 2.45) is 0 Å². The molecule has 2 aromatic rings. The molecule has 104 valence electrons. The maximum absolute atomic E-state index is 11.7. The zero-order chi connectivity index (χ0) is 14.2. The fraction of sp³-hybridized carbons (Fsp3) is 0.250. The van der Waals surface area contributed by atoms with E-state index in [1.807, 2.05) is 30.3 Å². The first-order valence-corrected chi connectivity index (χ1v) is 7.59. The summed E-state index contributed by atoms with van der Waals surface area (Å²) < 4.78 is 0. The van der Waals surface area contributed by atoms with Crippen LogP contribution in [0.2, 0.25) is 0 Å². The summed E-state index contributed by atoms with van der Waals surface area (Å²) >= 11 is 1.56. The highest BCUT2D eigenvalue weighted by molar-refractivity contribution is 8.00. The molecule has 0 aliphatic heterocycles. The molecule has 1 N–H and O–H groups in total. The molecule has 0 atom stereocenters. The number of aryl methyl sites for hydroxylation is 1. The number of pyridine rings is 1. The summed E-state index contributed by atoms with van der Waals surface area (Å²) in [5.41, 5.74) is 2.23. The van der Waals surface area contributed by atoms with E-state index in [2.05, 4.69) is 29.4 Å². The molecule has 1 aromatic heterocycles. The molecule has 2 rings (SSSR count). The summed E-state index contributed by atoms with van der Waals surface area (Å²) in [6.45, 7) is 2.68. The van der Waals surface area contributed by atoms with E-state index in [1.165, 1.54) is 5.56 Å². The fourth-order valence-electron chi connectivity index (χ4n) is 1.71. The van der Waals surface area contributed by atoms with E-state index in [-0.39, 0.29) is 5.91 Å². The van der Waals surface area contributed by atoms with Gasteiger partial charge in [-0.25, -0.2) is 0 Å². The van der Waals surface area contributed by atoms with Crippen LogP contribution in [0.4, 0.5) is 0 Å². The van der Waals surface area contributed by atoms with Crippen molar-refractivity contribution in [2.75, 3.05) is 12.3 Å². The Kier molecular flexibility index (Phi) is 5.62. The van der Waals surface area contributed by atoms with Crippen molar-refractivity contribution in [2.45, 2.75) is 18.2 Å². The van der Waals surface area contributed by atoms with Crippen LogP contribution in [0.25, 0.3) is 0 Å². The molecule has 0 aliphatic rings. The molecule has 0 unspecified atom stereocenters. The average Bonchev–Trinajstić information content (AvgIpc) is 2.48. The summed E-state index contributed by atoms with van der Waals surface area (Å²) in [6.07, 6.45) is 2.53. The molecule has 1 aromatic carbocycles. The Labute approximate surface area is 123 Å². The van der Waals surface area contributed by atoms with E-state index in [9.17, 15) is 4.79 Å². The lowest BCUT2D eigenvalue weighted by molar-refractivity contribution is -0.118. The van der Waals surface area contributed by atoms with Gasteiger partial charge in [-0.05, 0) is 31.2 Å². The lowest BCUT2D eigenvalue weighted by Crippen LogP contribution is -2.27. The summed E-state index contributed by atoms with van der Waals surface area (Å²) in [5, 5.41) is 2.91. The Morgan fingerprint density at radius 2 is 2.00 bits per heavy atom. The average molecular weight is 286 g/mol. The monoisotopic (exact) mass is 286 g/mol. The number of carbonyl (C=O) groups is 1. The summed E-state index contributed by atoms with van der Waals surface area (Å²) in [7, 11) is 0. The van der Waals surface area contributed by atoms with Crippen LogP contribution in [-0.2, 0) is 11.2 Å². The zero-order valence-electron chi connectivity index (χ0n) is 11.5. The number of hydrogen-bond acceptors (Lipinski definition) is 3. The minimum atomic E-state index is 0.0616. The third kappa shape index (κ3) is 5.05. The van der Waals surface area contributed by atoms with Gasteiger partial charge in [0.15, 0.2) is 0 Å². The molecule has 0 fully saturated rings. The number of benzene rings is 1. The van der Waals surface area contributed by atoms with E-state index in [0.717, 1.165) is 17.0 Å². The number of carbonyl (C=O) groups excluding carboxylic acids is 1. The predicted molar refractivity (Wildman–Crippen MR) is 82.9 cm³/mol. The van der Waals surface area contributed by atoms with Gasteiger partial charge in [-0.1, -0.05) is 23.8 Å². The molecule has 1 heterocycles. The number of nitrogens with one attached hydrogen (secondary N) is 1. The molecule has 1 amide bonds. The van der Waals surface area contributed by atoms with Gasteiger partial charge in [-0.3, -0.25) is 9.78 Å². The fourth-order valence-corrected chi connectivity index (χ4v) is 2.44. The van der Waals surface area contributed by atoms with E-state index < -0.39 is 0 Å². The van der Waals surface area contributed by atoms with Crippen molar-refractivity contribution in [3.8, 4) is 0 Å². The second kappa shape index (κ2) is 7.70. The van der Waals surface area contributed by atoms with Crippen molar-refractivity contribution in [3.05, 3.63) is 59.9 Å². The zero-order valence-corrected chi connectivity index (χ0v) is 12.3. The number of hydrogen-bond donors (Lipinski definition) is 1. The first-order valence-electron chi connectivity index (χ1n) is 6.60. The Hall–Kier alpha value is -1.81. The standard InChI is InChI=1S/C16H18N2OS/c1-13-5-7-15(8-6-13)20-12-16(19)18-11-9-14-4-2-3-10-17-14/h2-8,10H,9,11-12H2,1H3,(H,18,19). The first kappa shape index (κ1) is 14.6. The van der Waals surface area contributed by atoms with Gasteiger partial charge in [-0.15, -0.1) is 11.8 Å². The Bertz CT molecular complexity index is 540. The molecular weight excluding hydrogens is 268 g/mol.